The number of aromatic nitrogens is 3. The predicted molar refractivity (Wildman–Crippen MR) is 64.4 cm³/mol. The molecule has 0 bridgehead atoms. The largest absolute Gasteiger partial charge is 0.385 e. The summed E-state index contributed by atoms with van der Waals surface area (Å²) in [5.74, 6) is 1.000. The van der Waals surface area contributed by atoms with Crippen molar-refractivity contribution in [3.05, 3.63) is 42.0 Å². The molecular formula is C12H16N4. The summed E-state index contributed by atoms with van der Waals surface area (Å²) in [6.07, 6.45) is 2.60. The summed E-state index contributed by atoms with van der Waals surface area (Å²) in [5.41, 5.74) is 2.42. The molecule has 0 unspecified atom stereocenters. The second-order valence-electron chi connectivity index (χ2n) is 3.90. The molecule has 1 N–H and O–H groups in total. The highest BCUT2D eigenvalue weighted by atomic mass is 15.2. The van der Waals surface area contributed by atoms with Gasteiger partial charge in [-0.05, 0) is 19.1 Å². The molecule has 0 saturated heterocycles. The Morgan fingerprint density at radius 1 is 1.25 bits per heavy atom. The highest BCUT2D eigenvalue weighted by Gasteiger charge is 1.99. The van der Waals surface area contributed by atoms with Gasteiger partial charge in [0.25, 0.3) is 0 Å². The molecule has 84 valence electrons. The van der Waals surface area contributed by atoms with Crippen LogP contribution in [0.2, 0.25) is 0 Å². The number of rotatable bonds is 4. The number of anilines is 1. The lowest BCUT2D eigenvalue weighted by Gasteiger charge is -2.06. The van der Waals surface area contributed by atoms with Gasteiger partial charge in [0, 0.05) is 25.7 Å². The van der Waals surface area contributed by atoms with Crippen molar-refractivity contribution in [3.63, 3.8) is 0 Å². The van der Waals surface area contributed by atoms with Crippen molar-refractivity contribution in [1.82, 2.24) is 14.8 Å². The summed E-state index contributed by atoms with van der Waals surface area (Å²) in [4.78, 5) is 0. The number of hydrogen-bond donors (Lipinski definition) is 1. The Labute approximate surface area is 95.3 Å². The molecule has 0 radical (unpaired) electrons. The minimum atomic E-state index is 0.871. The summed E-state index contributed by atoms with van der Waals surface area (Å²) in [7, 11) is 1.96. The fraction of sp³-hybridized carbons (Fsp3) is 0.333. The third kappa shape index (κ3) is 2.59. The van der Waals surface area contributed by atoms with E-state index in [1.54, 1.807) is 6.33 Å². The summed E-state index contributed by atoms with van der Waals surface area (Å²) < 4.78 is 1.94. The van der Waals surface area contributed by atoms with Crippen LogP contribution in [-0.4, -0.2) is 21.3 Å². The van der Waals surface area contributed by atoms with Crippen LogP contribution >= 0.6 is 0 Å². The first-order valence-electron chi connectivity index (χ1n) is 5.39. The maximum absolute atomic E-state index is 4.03. The van der Waals surface area contributed by atoms with Crippen LogP contribution in [0.15, 0.2) is 30.6 Å². The molecule has 0 spiro atoms. The molecule has 4 nitrogen and oxygen atoms in total. The molecular weight excluding hydrogens is 200 g/mol. The molecule has 16 heavy (non-hydrogen) atoms. The number of aryl methyl sites for hydroxylation is 2. The Kier molecular flexibility index (Phi) is 3.19. The van der Waals surface area contributed by atoms with Crippen LogP contribution < -0.4 is 5.32 Å². The van der Waals surface area contributed by atoms with Crippen LogP contribution in [0.25, 0.3) is 0 Å². The van der Waals surface area contributed by atoms with Gasteiger partial charge in [-0.2, -0.15) is 0 Å². The molecule has 0 aliphatic rings. The molecule has 4 heteroatoms. The van der Waals surface area contributed by atoms with Gasteiger partial charge in [-0.15, -0.1) is 10.2 Å². The summed E-state index contributed by atoms with van der Waals surface area (Å²) in [6.45, 7) is 2.96. The van der Waals surface area contributed by atoms with Crippen molar-refractivity contribution in [3.8, 4) is 0 Å². The zero-order valence-corrected chi connectivity index (χ0v) is 9.64. The fourth-order valence-electron chi connectivity index (χ4n) is 1.52. The van der Waals surface area contributed by atoms with Crippen molar-refractivity contribution in [1.29, 1.82) is 0 Å². The fourth-order valence-corrected chi connectivity index (χ4v) is 1.52. The molecule has 1 aromatic heterocycles. The molecule has 0 fully saturated rings. The molecule has 0 aliphatic heterocycles. The Balaban J connectivity index is 1.84. The minimum Gasteiger partial charge on any atom is -0.385 e. The van der Waals surface area contributed by atoms with Gasteiger partial charge in [-0.25, -0.2) is 0 Å². The van der Waals surface area contributed by atoms with Gasteiger partial charge in [0.15, 0.2) is 0 Å². The summed E-state index contributed by atoms with van der Waals surface area (Å²) in [5, 5.41) is 11.2. The molecule has 0 amide bonds. The van der Waals surface area contributed by atoms with E-state index in [1.165, 1.54) is 5.56 Å². The van der Waals surface area contributed by atoms with E-state index in [0.717, 1.165) is 24.5 Å². The Morgan fingerprint density at radius 2 is 2.00 bits per heavy atom. The summed E-state index contributed by atoms with van der Waals surface area (Å²) >= 11 is 0. The number of nitrogens with zero attached hydrogens (tertiary/aromatic N) is 3. The van der Waals surface area contributed by atoms with Crippen LogP contribution in [0, 0.1) is 6.92 Å². The zero-order chi connectivity index (χ0) is 11.4. The van der Waals surface area contributed by atoms with E-state index in [4.69, 9.17) is 0 Å². The zero-order valence-electron chi connectivity index (χ0n) is 9.64. The molecule has 2 rings (SSSR count). The first-order valence-corrected chi connectivity index (χ1v) is 5.39. The van der Waals surface area contributed by atoms with E-state index in [2.05, 4.69) is 46.7 Å². The Bertz CT molecular complexity index is 444. The molecule has 1 aromatic carbocycles. The van der Waals surface area contributed by atoms with Crippen molar-refractivity contribution in [2.24, 2.45) is 7.05 Å². The van der Waals surface area contributed by atoms with Gasteiger partial charge in [0.2, 0.25) is 0 Å². The van der Waals surface area contributed by atoms with E-state index >= 15 is 0 Å². The smallest absolute Gasteiger partial charge is 0.134 e. The van der Waals surface area contributed by atoms with Crippen LogP contribution in [0.3, 0.4) is 0 Å². The van der Waals surface area contributed by atoms with E-state index in [1.807, 2.05) is 11.6 Å². The van der Waals surface area contributed by atoms with Crippen LogP contribution in [-0.2, 0) is 13.5 Å². The molecule has 0 saturated carbocycles. The maximum atomic E-state index is 4.03. The third-order valence-corrected chi connectivity index (χ3v) is 2.53. The normalized spacial score (nSPS) is 10.4. The van der Waals surface area contributed by atoms with Crippen molar-refractivity contribution < 1.29 is 0 Å². The third-order valence-electron chi connectivity index (χ3n) is 2.53. The van der Waals surface area contributed by atoms with Gasteiger partial charge < -0.3 is 9.88 Å². The number of nitrogens with one attached hydrogen (secondary N) is 1. The van der Waals surface area contributed by atoms with Crippen LogP contribution in [0.4, 0.5) is 5.69 Å². The quantitative estimate of drug-likeness (QED) is 0.847. The lowest BCUT2D eigenvalue weighted by molar-refractivity contribution is 0.788. The standard InChI is InChI=1S/C12H16N4/c1-10-3-5-11(6-4-10)13-8-7-12-15-14-9-16(12)2/h3-6,9,13H,7-8H2,1-2H3. The molecule has 0 aliphatic carbocycles. The van der Waals surface area contributed by atoms with E-state index in [0.29, 0.717) is 0 Å². The highest BCUT2D eigenvalue weighted by molar-refractivity contribution is 5.44. The lowest BCUT2D eigenvalue weighted by atomic mass is 10.2. The Morgan fingerprint density at radius 3 is 2.62 bits per heavy atom. The van der Waals surface area contributed by atoms with Gasteiger partial charge in [-0.3, -0.25) is 0 Å². The van der Waals surface area contributed by atoms with Gasteiger partial charge in [0.05, 0.1) is 0 Å². The average Bonchev–Trinajstić information content (AvgIpc) is 2.68. The van der Waals surface area contributed by atoms with E-state index in [-0.39, 0.29) is 0 Å². The number of hydrogen-bond acceptors (Lipinski definition) is 3. The van der Waals surface area contributed by atoms with Crippen LogP contribution in [0.5, 0.6) is 0 Å². The number of benzene rings is 1. The van der Waals surface area contributed by atoms with E-state index in [9.17, 15) is 0 Å². The van der Waals surface area contributed by atoms with Crippen LogP contribution in [0.1, 0.15) is 11.4 Å². The molecule has 2 aromatic rings. The van der Waals surface area contributed by atoms with E-state index < -0.39 is 0 Å². The second-order valence-corrected chi connectivity index (χ2v) is 3.90. The predicted octanol–water partition coefficient (Wildman–Crippen LogP) is 1.78. The van der Waals surface area contributed by atoms with Crippen molar-refractivity contribution in [2.45, 2.75) is 13.3 Å². The molecule has 1 heterocycles. The van der Waals surface area contributed by atoms with Gasteiger partial charge >= 0.3 is 0 Å². The molecule has 0 atom stereocenters. The average molecular weight is 216 g/mol. The minimum absolute atomic E-state index is 0.871. The van der Waals surface area contributed by atoms with Crippen molar-refractivity contribution in [2.75, 3.05) is 11.9 Å². The maximum Gasteiger partial charge on any atom is 0.134 e. The second kappa shape index (κ2) is 4.79. The first kappa shape index (κ1) is 10.7. The van der Waals surface area contributed by atoms with Gasteiger partial charge in [-0.1, -0.05) is 17.7 Å². The van der Waals surface area contributed by atoms with Gasteiger partial charge in [0.1, 0.15) is 12.2 Å². The van der Waals surface area contributed by atoms with Crippen molar-refractivity contribution >= 4 is 5.69 Å². The Hall–Kier alpha value is -1.84. The monoisotopic (exact) mass is 216 g/mol. The lowest BCUT2D eigenvalue weighted by Crippen LogP contribution is -2.08. The summed E-state index contributed by atoms with van der Waals surface area (Å²) in [6, 6.07) is 8.38. The topological polar surface area (TPSA) is 42.7 Å². The highest BCUT2D eigenvalue weighted by Crippen LogP contribution is 2.08. The first-order chi connectivity index (χ1) is 7.75. The SMILES string of the molecule is Cc1ccc(NCCc2nncn2C)cc1.